The summed E-state index contributed by atoms with van der Waals surface area (Å²) in [6, 6.07) is 7.87. The molecule has 0 saturated carbocycles. The van der Waals surface area contributed by atoms with E-state index in [2.05, 4.69) is 11.4 Å². The summed E-state index contributed by atoms with van der Waals surface area (Å²) in [6.07, 6.45) is 8.64. The van der Waals surface area contributed by atoms with E-state index in [9.17, 15) is 4.79 Å². The number of rotatable bonds is 4. The van der Waals surface area contributed by atoms with E-state index < -0.39 is 0 Å². The zero-order chi connectivity index (χ0) is 13.8. The molecule has 1 unspecified atom stereocenters. The van der Waals surface area contributed by atoms with E-state index in [0.717, 1.165) is 24.3 Å². The Morgan fingerprint density at radius 2 is 2.20 bits per heavy atom. The molecule has 1 amide bonds. The van der Waals surface area contributed by atoms with Gasteiger partial charge in [0, 0.05) is 13.0 Å². The maximum Gasteiger partial charge on any atom is 0.261 e. The summed E-state index contributed by atoms with van der Waals surface area (Å²) in [6.45, 7) is 0.723. The average molecular weight is 271 g/mol. The van der Waals surface area contributed by atoms with Crippen molar-refractivity contribution in [3.63, 3.8) is 0 Å². The smallest absolute Gasteiger partial charge is 0.261 e. The normalized spacial score (nSPS) is 20.8. The Kier molecular flexibility index (Phi) is 4.05. The first-order valence-corrected chi connectivity index (χ1v) is 7.53. The number of allylic oxidation sites excluding steroid dienone is 1. The first kappa shape index (κ1) is 13.2. The largest absolute Gasteiger partial charge is 0.480 e. The van der Waals surface area contributed by atoms with Crippen molar-refractivity contribution in [3.05, 3.63) is 41.5 Å². The van der Waals surface area contributed by atoms with Crippen LogP contribution in [0.5, 0.6) is 5.75 Å². The fourth-order valence-corrected chi connectivity index (χ4v) is 2.92. The van der Waals surface area contributed by atoms with Crippen LogP contribution in [-0.2, 0) is 11.2 Å². The Morgan fingerprint density at radius 1 is 1.30 bits per heavy atom. The summed E-state index contributed by atoms with van der Waals surface area (Å²) in [5, 5.41) is 3.00. The summed E-state index contributed by atoms with van der Waals surface area (Å²) in [7, 11) is 0. The lowest BCUT2D eigenvalue weighted by Gasteiger charge is -2.14. The molecule has 0 aromatic heterocycles. The van der Waals surface area contributed by atoms with Gasteiger partial charge in [0.1, 0.15) is 5.75 Å². The number of hydrogen-bond donors (Lipinski definition) is 1. The molecular formula is C17H21NO2. The van der Waals surface area contributed by atoms with Crippen molar-refractivity contribution < 1.29 is 9.53 Å². The van der Waals surface area contributed by atoms with Crippen molar-refractivity contribution in [2.24, 2.45) is 0 Å². The van der Waals surface area contributed by atoms with Gasteiger partial charge in [0.15, 0.2) is 6.10 Å². The maximum absolute atomic E-state index is 12.1. The lowest BCUT2D eigenvalue weighted by molar-refractivity contribution is -0.127. The lowest BCUT2D eigenvalue weighted by atomic mass is 9.97. The van der Waals surface area contributed by atoms with Crippen LogP contribution in [0.3, 0.4) is 0 Å². The fourth-order valence-electron chi connectivity index (χ4n) is 2.92. The molecule has 1 aliphatic carbocycles. The van der Waals surface area contributed by atoms with Crippen LogP contribution in [0, 0.1) is 0 Å². The molecule has 1 atom stereocenters. The van der Waals surface area contributed by atoms with Gasteiger partial charge < -0.3 is 10.1 Å². The van der Waals surface area contributed by atoms with Crippen molar-refractivity contribution in [3.8, 4) is 5.75 Å². The summed E-state index contributed by atoms with van der Waals surface area (Å²) >= 11 is 0. The molecule has 0 radical (unpaired) electrons. The van der Waals surface area contributed by atoms with Crippen molar-refractivity contribution in [2.45, 2.75) is 44.6 Å². The van der Waals surface area contributed by atoms with Gasteiger partial charge >= 0.3 is 0 Å². The molecule has 2 aliphatic rings. The Labute approximate surface area is 120 Å². The van der Waals surface area contributed by atoms with Gasteiger partial charge in [0.05, 0.1) is 0 Å². The molecule has 1 aliphatic heterocycles. The van der Waals surface area contributed by atoms with E-state index in [1.807, 2.05) is 24.3 Å². The van der Waals surface area contributed by atoms with Crippen molar-refractivity contribution in [1.82, 2.24) is 5.32 Å². The molecule has 3 heteroatoms. The number of nitrogens with one attached hydrogen (secondary N) is 1. The van der Waals surface area contributed by atoms with Gasteiger partial charge in [-0.3, -0.25) is 4.79 Å². The van der Waals surface area contributed by atoms with E-state index in [4.69, 9.17) is 4.74 Å². The molecule has 1 aromatic rings. The molecule has 1 aromatic carbocycles. The average Bonchev–Trinajstić information content (AvgIpc) is 2.92. The minimum Gasteiger partial charge on any atom is -0.480 e. The number of carbonyl (C=O) groups is 1. The first-order valence-electron chi connectivity index (χ1n) is 7.53. The Hall–Kier alpha value is -1.77. The third-order valence-corrected chi connectivity index (χ3v) is 4.07. The monoisotopic (exact) mass is 271 g/mol. The number of ether oxygens (including phenoxy) is 1. The van der Waals surface area contributed by atoms with Gasteiger partial charge in [0.2, 0.25) is 0 Å². The first-order chi connectivity index (χ1) is 9.83. The van der Waals surface area contributed by atoms with Crippen LogP contribution < -0.4 is 10.1 Å². The minimum absolute atomic E-state index is 0.0117. The molecule has 20 heavy (non-hydrogen) atoms. The molecule has 1 N–H and O–H groups in total. The van der Waals surface area contributed by atoms with E-state index in [-0.39, 0.29) is 12.0 Å². The molecule has 3 nitrogen and oxygen atoms in total. The van der Waals surface area contributed by atoms with E-state index in [1.165, 1.54) is 31.3 Å². The van der Waals surface area contributed by atoms with Gasteiger partial charge in [-0.25, -0.2) is 0 Å². The summed E-state index contributed by atoms with van der Waals surface area (Å²) < 4.78 is 5.68. The standard InChI is InChI=1S/C17H21NO2/c19-17(18-11-10-13-6-2-1-3-7-13)16-12-14-8-4-5-9-15(14)20-16/h4-6,8-9,16H,1-3,7,10-12H2,(H,18,19). The highest BCUT2D eigenvalue weighted by molar-refractivity contribution is 5.82. The quantitative estimate of drug-likeness (QED) is 0.855. The highest BCUT2D eigenvalue weighted by Gasteiger charge is 2.28. The van der Waals surface area contributed by atoms with Crippen LogP contribution in [0.4, 0.5) is 0 Å². The van der Waals surface area contributed by atoms with Gasteiger partial charge in [-0.15, -0.1) is 0 Å². The number of para-hydroxylation sites is 1. The molecule has 3 rings (SSSR count). The number of hydrogen-bond acceptors (Lipinski definition) is 2. The van der Waals surface area contributed by atoms with Gasteiger partial charge in [-0.1, -0.05) is 29.8 Å². The van der Waals surface area contributed by atoms with Crippen LogP contribution in [0.25, 0.3) is 0 Å². The lowest BCUT2D eigenvalue weighted by Crippen LogP contribution is -2.38. The number of carbonyl (C=O) groups excluding carboxylic acids is 1. The van der Waals surface area contributed by atoms with Crippen molar-refractivity contribution in [2.75, 3.05) is 6.54 Å². The predicted octanol–water partition coefficient (Wildman–Crippen LogP) is 3.00. The van der Waals surface area contributed by atoms with Gasteiger partial charge in [-0.05, 0) is 43.7 Å². The maximum atomic E-state index is 12.1. The highest BCUT2D eigenvalue weighted by Crippen LogP contribution is 2.28. The number of amides is 1. The zero-order valence-electron chi connectivity index (χ0n) is 11.7. The minimum atomic E-state index is -0.354. The molecular weight excluding hydrogens is 250 g/mol. The van der Waals surface area contributed by atoms with Crippen LogP contribution in [0.1, 0.15) is 37.7 Å². The Balaban J connectivity index is 1.45. The van der Waals surface area contributed by atoms with Crippen molar-refractivity contribution in [1.29, 1.82) is 0 Å². The third-order valence-electron chi connectivity index (χ3n) is 4.07. The molecule has 0 bridgehead atoms. The van der Waals surface area contributed by atoms with Crippen LogP contribution >= 0.6 is 0 Å². The molecule has 0 saturated heterocycles. The van der Waals surface area contributed by atoms with Crippen molar-refractivity contribution >= 4 is 5.91 Å². The second-order valence-electron chi connectivity index (χ2n) is 5.57. The molecule has 1 heterocycles. The highest BCUT2D eigenvalue weighted by atomic mass is 16.5. The van der Waals surface area contributed by atoms with Gasteiger partial charge in [0.25, 0.3) is 5.91 Å². The summed E-state index contributed by atoms with van der Waals surface area (Å²) in [4.78, 5) is 12.1. The molecule has 0 fully saturated rings. The second kappa shape index (κ2) is 6.12. The summed E-state index contributed by atoms with van der Waals surface area (Å²) in [5.41, 5.74) is 2.62. The van der Waals surface area contributed by atoms with Crippen LogP contribution in [-0.4, -0.2) is 18.6 Å². The Morgan fingerprint density at radius 3 is 3.00 bits per heavy atom. The third kappa shape index (κ3) is 3.03. The SMILES string of the molecule is O=C(NCCC1=CCCCC1)C1Cc2ccccc2O1. The summed E-state index contributed by atoms with van der Waals surface area (Å²) in [5.74, 6) is 0.861. The van der Waals surface area contributed by atoms with Gasteiger partial charge in [-0.2, -0.15) is 0 Å². The second-order valence-corrected chi connectivity index (χ2v) is 5.57. The number of benzene rings is 1. The van der Waals surface area contributed by atoms with Crippen LogP contribution in [0.2, 0.25) is 0 Å². The topological polar surface area (TPSA) is 38.3 Å². The van der Waals surface area contributed by atoms with Crippen LogP contribution in [0.15, 0.2) is 35.9 Å². The van der Waals surface area contributed by atoms with E-state index in [0.29, 0.717) is 6.42 Å². The predicted molar refractivity (Wildman–Crippen MR) is 78.7 cm³/mol. The molecule has 0 spiro atoms. The Bertz CT molecular complexity index is 496. The zero-order valence-corrected chi connectivity index (χ0v) is 11.7. The van der Waals surface area contributed by atoms with E-state index in [1.54, 1.807) is 0 Å². The fraction of sp³-hybridized carbons (Fsp3) is 0.471. The van der Waals surface area contributed by atoms with E-state index >= 15 is 0 Å². The number of fused-ring (bicyclic) bond motifs is 1. The molecule has 106 valence electrons.